The highest BCUT2D eigenvalue weighted by Gasteiger charge is 2.48. The molecule has 0 spiro atoms. The normalized spacial score (nSPS) is 46.0. The van der Waals surface area contributed by atoms with Gasteiger partial charge in [-0.25, -0.2) is 4.79 Å². The van der Waals surface area contributed by atoms with E-state index in [4.69, 9.17) is 20.4 Å². The second kappa shape index (κ2) is 3.22. The lowest BCUT2D eigenvalue weighted by Crippen LogP contribution is -2.56. The van der Waals surface area contributed by atoms with Crippen molar-refractivity contribution in [2.45, 2.75) is 36.8 Å². The van der Waals surface area contributed by atoms with Crippen LogP contribution in [0.5, 0.6) is 0 Å². The number of carboxylic acids is 1. The fraction of sp³-hybridized carbons (Fsp3) is 0.857. The van der Waals surface area contributed by atoms with Gasteiger partial charge in [0.1, 0.15) is 6.10 Å². The largest absolute Gasteiger partial charge is 0.479 e. The Balaban J connectivity index is 2.79. The topological polar surface area (TPSA) is 118 Å². The van der Waals surface area contributed by atoms with Crippen molar-refractivity contribution in [1.29, 1.82) is 0 Å². The third-order valence-electron chi connectivity index (χ3n) is 2.28. The summed E-state index contributed by atoms with van der Waals surface area (Å²) in [6, 6.07) is 0. The highest BCUT2D eigenvalue weighted by molar-refractivity contribution is 5.77. The van der Waals surface area contributed by atoms with Gasteiger partial charge in [0, 0.05) is 12.8 Å². The van der Waals surface area contributed by atoms with Gasteiger partial charge in [-0.15, -0.1) is 0 Å². The minimum Gasteiger partial charge on any atom is -0.479 e. The van der Waals surface area contributed by atoms with Crippen molar-refractivity contribution in [1.82, 2.24) is 0 Å². The molecule has 0 bridgehead atoms. The maximum Gasteiger partial charge on any atom is 0.335 e. The summed E-state index contributed by atoms with van der Waals surface area (Å²) in [4.78, 5) is 10.5. The zero-order chi connectivity index (χ0) is 10.2. The minimum atomic E-state index is -2.14. The molecular formula is C7H12O6. The van der Waals surface area contributed by atoms with E-state index in [0.29, 0.717) is 0 Å². The maximum atomic E-state index is 10.5. The van der Waals surface area contributed by atoms with Crippen LogP contribution in [0.15, 0.2) is 0 Å². The molecule has 13 heavy (non-hydrogen) atoms. The van der Waals surface area contributed by atoms with Crippen LogP contribution in [0.25, 0.3) is 0 Å². The first-order chi connectivity index (χ1) is 5.87. The van der Waals surface area contributed by atoms with E-state index in [-0.39, 0.29) is 0 Å². The number of aliphatic hydroxyl groups is 4. The van der Waals surface area contributed by atoms with Crippen LogP contribution in [-0.2, 0) is 4.79 Å². The Hall–Kier alpha value is -0.690. The zero-order valence-electron chi connectivity index (χ0n) is 6.79. The molecule has 0 aromatic carbocycles. The predicted molar refractivity (Wildman–Crippen MR) is 39.8 cm³/mol. The molecule has 0 heterocycles. The van der Waals surface area contributed by atoms with Gasteiger partial charge in [0.2, 0.25) is 0 Å². The van der Waals surface area contributed by atoms with E-state index < -0.39 is 42.7 Å². The van der Waals surface area contributed by atoms with Crippen LogP contribution in [-0.4, -0.2) is 55.4 Å². The summed E-state index contributed by atoms with van der Waals surface area (Å²) in [7, 11) is 0. The van der Waals surface area contributed by atoms with Gasteiger partial charge in [-0.2, -0.15) is 0 Å². The standard InChI is InChI=1S/C7H12O6/c8-3-1-7(13,6(11)12)2-4(9)5(3)10/h3-5,8-10,13H,1-2H2,(H,11,12)/t3-,4+,5-,7-. The molecule has 0 radical (unpaired) electrons. The number of hydrogen-bond donors (Lipinski definition) is 5. The number of rotatable bonds is 1. The molecule has 1 fully saturated rings. The zero-order valence-corrected chi connectivity index (χ0v) is 6.79. The van der Waals surface area contributed by atoms with E-state index in [1.165, 1.54) is 0 Å². The van der Waals surface area contributed by atoms with E-state index in [9.17, 15) is 9.90 Å². The van der Waals surface area contributed by atoms with Crippen molar-refractivity contribution < 1.29 is 30.3 Å². The van der Waals surface area contributed by atoms with E-state index >= 15 is 0 Å². The Morgan fingerprint density at radius 3 is 1.85 bits per heavy atom. The fourth-order valence-corrected chi connectivity index (χ4v) is 1.45. The van der Waals surface area contributed by atoms with E-state index in [0.717, 1.165) is 0 Å². The second-order valence-electron chi connectivity index (χ2n) is 3.37. The first-order valence-corrected chi connectivity index (χ1v) is 3.87. The Bertz CT molecular complexity index is 203. The first kappa shape index (κ1) is 10.4. The van der Waals surface area contributed by atoms with Gasteiger partial charge in [-0.3, -0.25) is 0 Å². The van der Waals surface area contributed by atoms with Crippen molar-refractivity contribution in [3.63, 3.8) is 0 Å². The second-order valence-corrected chi connectivity index (χ2v) is 3.37. The van der Waals surface area contributed by atoms with Crippen LogP contribution in [0.2, 0.25) is 0 Å². The van der Waals surface area contributed by atoms with Crippen molar-refractivity contribution >= 4 is 5.97 Å². The predicted octanol–water partition coefficient (Wildman–Crippen LogP) is -2.32. The molecule has 4 atom stereocenters. The monoisotopic (exact) mass is 192 g/mol. The Kier molecular flexibility index (Phi) is 2.58. The third kappa shape index (κ3) is 1.80. The fourth-order valence-electron chi connectivity index (χ4n) is 1.45. The van der Waals surface area contributed by atoms with Crippen molar-refractivity contribution in [2.75, 3.05) is 0 Å². The lowest BCUT2D eigenvalue weighted by atomic mass is 9.80. The molecule has 76 valence electrons. The van der Waals surface area contributed by atoms with Crippen molar-refractivity contribution in [3.8, 4) is 0 Å². The molecule has 0 unspecified atom stereocenters. The highest BCUT2D eigenvalue weighted by Crippen LogP contribution is 2.29. The van der Waals surface area contributed by atoms with Crippen molar-refractivity contribution in [2.24, 2.45) is 0 Å². The Morgan fingerprint density at radius 2 is 1.54 bits per heavy atom. The molecule has 1 aliphatic rings. The summed E-state index contributed by atoms with van der Waals surface area (Å²) in [6.07, 6.45) is -5.16. The number of hydrogen-bond acceptors (Lipinski definition) is 5. The van der Waals surface area contributed by atoms with Crippen LogP contribution in [0.1, 0.15) is 12.8 Å². The molecule has 1 rings (SSSR count). The quantitative estimate of drug-likeness (QED) is 0.318. The molecule has 0 aliphatic heterocycles. The highest BCUT2D eigenvalue weighted by atomic mass is 16.4. The molecule has 1 saturated carbocycles. The molecule has 0 amide bonds. The number of carboxylic acid groups (broad SMARTS) is 1. The summed E-state index contributed by atoms with van der Waals surface area (Å²) in [5.74, 6) is -1.50. The molecule has 5 N–H and O–H groups in total. The third-order valence-corrected chi connectivity index (χ3v) is 2.28. The van der Waals surface area contributed by atoms with Crippen LogP contribution in [0.4, 0.5) is 0 Å². The van der Waals surface area contributed by atoms with Gasteiger partial charge >= 0.3 is 5.97 Å². The van der Waals surface area contributed by atoms with Crippen LogP contribution in [0, 0.1) is 0 Å². The molecule has 0 aromatic heterocycles. The van der Waals surface area contributed by atoms with E-state index in [1.54, 1.807) is 0 Å². The summed E-state index contributed by atoms with van der Waals surface area (Å²) in [5, 5.41) is 45.2. The molecule has 6 heteroatoms. The molecule has 6 nitrogen and oxygen atoms in total. The van der Waals surface area contributed by atoms with Crippen molar-refractivity contribution in [3.05, 3.63) is 0 Å². The average Bonchev–Trinajstić information content (AvgIpc) is 2.00. The lowest BCUT2D eigenvalue weighted by Gasteiger charge is -2.37. The van der Waals surface area contributed by atoms with Crippen LogP contribution in [0.3, 0.4) is 0 Å². The van der Waals surface area contributed by atoms with Crippen LogP contribution < -0.4 is 0 Å². The summed E-state index contributed by atoms with van der Waals surface area (Å²) in [6.45, 7) is 0. The van der Waals surface area contributed by atoms with Gasteiger partial charge in [0.05, 0.1) is 12.2 Å². The number of aliphatic carboxylic acids is 1. The first-order valence-electron chi connectivity index (χ1n) is 3.87. The minimum absolute atomic E-state index is 0.472. The number of aliphatic hydroxyl groups excluding tert-OH is 3. The Labute approximate surface area is 74.1 Å². The summed E-state index contributed by atoms with van der Waals surface area (Å²) in [5.41, 5.74) is -2.14. The van der Waals surface area contributed by atoms with Gasteiger partial charge in [-0.05, 0) is 0 Å². The smallest absolute Gasteiger partial charge is 0.335 e. The molecule has 1 aliphatic carbocycles. The summed E-state index contributed by atoms with van der Waals surface area (Å²) >= 11 is 0. The molecule has 0 saturated heterocycles. The average molecular weight is 192 g/mol. The van der Waals surface area contributed by atoms with Gasteiger partial charge < -0.3 is 25.5 Å². The van der Waals surface area contributed by atoms with Gasteiger partial charge in [0.15, 0.2) is 5.60 Å². The molecular weight excluding hydrogens is 180 g/mol. The summed E-state index contributed by atoms with van der Waals surface area (Å²) < 4.78 is 0. The van der Waals surface area contributed by atoms with Gasteiger partial charge in [0.25, 0.3) is 0 Å². The van der Waals surface area contributed by atoms with E-state index in [1.807, 2.05) is 0 Å². The maximum absolute atomic E-state index is 10.5. The van der Waals surface area contributed by atoms with Crippen LogP contribution >= 0.6 is 0 Å². The molecule has 0 aromatic rings. The lowest BCUT2D eigenvalue weighted by molar-refractivity contribution is -0.187. The SMILES string of the molecule is O=C(O)[C@@]1(O)C[C@@H](O)[C@@H](O)[C@@H](O)C1. The number of carbonyl (C=O) groups is 1. The van der Waals surface area contributed by atoms with E-state index in [2.05, 4.69) is 0 Å². The van der Waals surface area contributed by atoms with Gasteiger partial charge in [-0.1, -0.05) is 0 Å². The Morgan fingerprint density at radius 1 is 1.15 bits per heavy atom.